The lowest BCUT2D eigenvalue weighted by Crippen LogP contribution is -2.31. The molecule has 0 radical (unpaired) electrons. The quantitative estimate of drug-likeness (QED) is 0.318. The van der Waals surface area contributed by atoms with Crippen LogP contribution in [0.5, 0.6) is 0 Å². The van der Waals surface area contributed by atoms with Crippen molar-refractivity contribution in [1.29, 1.82) is 0 Å². The van der Waals surface area contributed by atoms with Crippen LogP contribution in [0.25, 0.3) is 0 Å². The van der Waals surface area contributed by atoms with E-state index in [9.17, 15) is 18.0 Å². The molecule has 2 rings (SSSR count). The molecule has 0 aliphatic carbocycles. The van der Waals surface area contributed by atoms with E-state index in [1.54, 1.807) is 19.1 Å². The van der Waals surface area contributed by atoms with E-state index in [0.29, 0.717) is 0 Å². The molecule has 0 unspecified atom stereocenters. The van der Waals surface area contributed by atoms with E-state index in [-0.39, 0.29) is 28.1 Å². The maximum absolute atomic E-state index is 12.4. The molecule has 1 amide bonds. The molecule has 0 aromatic heterocycles. The maximum atomic E-state index is 12.4. The largest absolute Gasteiger partial charge is 0.463 e. The molecule has 1 aromatic carbocycles. The van der Waals surface area contributed by atoms with Crippen LogP contribution in [0.4, 0.5) is 0 Å². The number of nitrogens with zero attached hydrogens (tertiary/aromatic N) is 2. The Morgan fingerprint density at radius 1 is 1.37 bits per heavy atom. The standard InChI is InChI=1S/C17H19N3O5S2/c1-4-10-20-16(22)14(11-15(21)25-5-2)26-17(20)18-19-27(23,24)13-8-6-12(3)7-9-13/h4,6-9,11,19H,1,5,10H2,2-3H3/b14-11-,18-17-. The average Bonchev–Trinajstić information content (AvgIpc) is 2.90. The van der Waals surface area contributed by atoms with Gasteiger partial charge in [-0.15, -0.1) is 11.7 Å². The number of hydrogen-bond acceptors (Lipinski definition) is 7. The van der Waals surface area contributed by atoms with Gasteiger partial charge in [0.05, 0.1) is 16.4 Å². The predicted molar refractivity (Wildman–Crippen MR) is 103 cm³/mol. The lowest BCUT2D eigenvalue weighted by Gasteiger charge is -2.12. The second-order valence-electron chi connectivity index (χ2n) is 5.37. The van der Waals surface area contributed by atoms with Crippen LogP contribution in [0, 0.1) is 6.92 Å². The van der Waals surface area contributed by atoms with E-state index in [2.05, 4.69) is 16.5 Å². The zero-order chi connectivity index (χ0) is 20.0. The molecule has 1 fully saturated rings. The molecule has 0 spiro atoms. The summed E-state index contributed by atoms with van der Waals surface area (Å²) in [6.07, 6.45) is 2.53. The van der Waals surface area contributed by atoms with Gasteiger partial charge in [0, 0.05) is 12.6 Å². The third-order valence-corrected chi connectivity index (χ3v) is 5.56. The minimum absolute atomic E-state index is 0.0457. The van der Waals surface area contributed by atoms with E-state index < -0.39 is 21.9 Å². The molecule has 1 aromatic rings. The van der Waals surface area contributed by atoms with E-state index in [1.165, 1.54) is 23.1 Å². The molecule has 1 saturated heterocycles. The van der Waals surface area contributed by atoms with Crippen molar-refractivity contribution in [3.8, 4) is 0 Å². The van der Waals surface area contributed by atoms with Crippen LogP contribution in [0.1, 0.15) is 12.5 Å². The topological polar surface area (TPSA) is 105 Å². The summed E-state index contributed by atoms with van der Waals surface area (Å²) in [7, 11) is -3.90. The van der Waals surface area contributed by atoms with Gasteiger partial charge in [0.1, 0.15) is 0 Å². The van der Waals surface area contributed by atoms with Gasteiger partial charge in [-0.3, -0.25) is 9.69 Å². The highest BCUT2D eigenvalue weighted by Gasteiger charge is 2.34. The molecule has 8 nitrogen and oxygen atoms in total. The first-order chi connectivity index (χ1) is 12.8. The third kappa shape index (κ3) is 5.20. The summed E-state index contributed by atoms with van der Waals surface area (Å²) in [6.45, 7) is 7.34. The Hall–Kier alpha value is -2.59. The van der Waals surface area contributed by atoms with Gasteiger partial charge in [0.15, 0.2) is 5.17 Å². The van der Waals surface area contributed by atoms with Crippen molar-refractivity contribution >= 4 is 38.8 Å². The molecule has 0 saturated carbocycles. The summed E-state index contributed by atoms with van der Waals surface area (Å²) in [5.41, 5.74) is 0.920. The van der Waals surface area contributed by atoms with Gasteiger partial charge in [-0.2, -0.15) is 13.2 Å². The molecule has 1 aliphatic rings. The second kappa shape index (κ2) is 8.87. The minimum atomic E-state index is -3.90. The number of carbonyl (C=O) groups excluding carboxylic acids is 2. The smallest absolute Gasteiger partial charge is 0.332 e. The van der Waals surface area contributed by atoms with Gasteiger partial charge in [0.25, 0.3) is 15.9 Å². The second-order valence-corrected chi connectivity index (χ2v) is 8.04. The predicted octanol–water partition coefficient (Wildman–Crippen LogP) is 1.75. The summed E-state index contributed by atoms with van der Waals surface area (Å²) >= 11 is 0.871. The van der Waals surface area contributed by atoms with Crippen LogP contribution in [0.15, 0.2) is 57.9 Å². The highest BCUT2D eigenvalue weighted by Crippen LogP contribution is 2.30. The lowest BCUT2D eigenvalue weighted by atomic mass is 10.2. The number of amidine groups is 1. The summed E-state index contributed by atoms with van der Waals surface area (Å²) in [5, 5.41) is 3.94. The van der Waals surface area contributed by atoms with Gasteiger partial charge >= 0.3 is 5.97 Å². The highest BCUT2D eigenvalue weighted by molar-refractivity contribution is 8.18. The zero-order valence-corrected chi connectivity index (χ0v) is 16.5. The van der Waals surface area contributed by atoms with E-state index in [0.717, 1.165) is 23.4 Å². The number of hydrogen-bond donors (Lipinski definition) is 1. The molecular weight excluding hydrogens is 390 g/mol. The summed E-state index contributed by atoms with van der Waals surface area (Å²) < 4.78 is 29.5. The van der Waals surface area contributed by atoms with E-state index in [1.807, 2.05) is 6.92 Å². The first-order valence-electron chi connectivity index (χ1n) is 7.93. The summed E-state index contributed by atoms with van der Waals surface area (Å²) in [4.78, 5) is 27.4. The van der Waals surface area contributed by atoms with Crippen molar-refractivity contribution in [2.75, 3.05) is 13.2 Å². The van der Waals surface area contributed by atoms with Gasteiger partial charge < -0.3 is 4.74 Å². The fourth-order valence-electron chi connectivity index (χ4n) is 2.04. The Balaban J connectivity index is 2.26. The Morgan fingerprint density at radius 2 is 2.04 bits per heavy atom. The van der Waals surface area contributed by atoms with Crippen LogP contribution in [0.2, 0.25) is 0 Å². The zero-order valence-electron chi connectivity index (χ0n) is 14.8. The minimum Gasteiger partial charge on any atom is -0.463 e. The van der Waals surface area contributed by atoms with Crippen LogP contribution >= 0.6 is 11.8 Å². The van der Waals surface area contributed by atoms with Gasteiger partial charge in [0.2, 0.25) is 0 Å². The van der Waals surface area contributed by atoms with Crippen molar-refractivity contribution < 1.29 is 22.7 Å². The fraction of sp³-hybridized carbons (Fsp3) is 0.235. The Kier molecular flexibility index (Phi) is 6.81. The molecule has 0 bridgehead atoms. The number of benzene rings is 1. The van der Waals surface area contributed by atoms with Gasteiger partial charge in [-0.05, 0) is 37.7 Å². The number of carbonyl (C=O) groups is 2. The first kappa shape index (κ1) is 20.7. The van der Waals surface area contributed by atoms with E-state index in [4.69, 9.17) is 4.74 Å². The van der Waals surface area contributed by atoms with Crippen molar-refractivity contribution in [1.82, 2.24) is 9.73 Å². The Bertz CT molecular complexity index is 905. The number of hydrazone groups is 1. The molecule has 144 valence electrons. The highest BCUT2D eigenvalue weighted by atomic mass is 32.2. The number of rotatable bonds is 7. The molecule has 10 heteroatoms. The Morgan fingerprint density at radius 3 is 2.63 bits per heavy atom. The SMILES string of the molecule is C=CCN1C(=O)/C(=C/C(=O)OCC)S/C1=N\NS(=O)(=O)c1ccc(C)cc1. The fourth-order valence-corrected chi connectivity index (χ4v) is 3.81. The molecule has 0 atom stereocenters. The molecular formula is C17H19N3O5S2. The number of sulfonamides is 1. The molecule has 1 N–H and O–H groups in total. The monoisotopic (exact) mass is 409 g/mol. The van der Waals surface area contributed by atoms with Crippen molar-refractivity contribution in [3.05, 3.63) is 53.5 Å². The maximum Gasteiger partial charge on any atom is 0.332 e. The van der Waals surface area contributed by atoms with E-state index >= 15 is 0 Å². The normalized spacial score (nSPS) is 17.4. The average molecular weight is 409 g/mol. The van der Waals surface area contributed by atoms with Crippen LogP contribution in [0.3, 0.4) is 0 Å². The number of ether oxygens (including phenoxy) is 1. The number of esters is 1. The number of nitrogens with one attached hydrogen (secondary N) is 1. The summed E-state index contributed by atoms with van der Waals surface area (Å²) in [5.74, 6) is -1.14. The van der Waals surface area contributed by atoms with Crippen LogP contribution in [-0.2, 0) is 24.3 Å². The van der Waals surface area contributed by atoms with Crippen molar-refractivity contribution in [2.45, 2.75) is 18.7 Å². The molecule has 1 heterocycles. The van der Waals surface area contributed by atoms with Crippen molar-refractivity contribution in [3.63, 3.8) is 0 Å². The Labute approximate surface area is 162 Å². The number of aryl methyl sites for hydroxylation is 1. The van der Waals surface area contributed by atoms with Crippen molar-refractivity contribution in [2.24, 2.45) is 5.10 Å². The third-order valence-electron chi connectivity index (χ3n) is 3.33. The van der Waals surface area contributed by atoms with Crippen LogP contribution in [-0.4, -0.2) is 43.5 Å². The summed E-state index contributed by atoms with van der Waals surface area (Å²) in [6, 6.07) is 6.25. The van der Waals surface area contributed by atoms with Gasteiger partial charge in [-0.1, -0.05) is 23.8 Å². The number of amides is 1. The number of thioether (sulfide) groups is 1. The van der Waals surface area contributed by atoms with Crippen LogP contribution < -0.4 is 4.83 Å². The molecule has 27 heavy (non-hydrogen) atoms. The molecule has 1 aliphatic heterocycles. The van der Waals surface area contributed by atoms with Gasteiger partial charge in [-0.25, -0.2) is 4.79 Å². The first-order valence-corrected chi connectivity index (χ1v) is 10.2. The lowest BCUT2D eigenvalue weighted by molar-refractivity contribution is -0.137.